The molecule has 2 aliphatic rings. The molecule has 0 bridgehead atoms. The summed E-state index contributed by atoms with van der Waals surface area (Å²) < 4.78 is 11.3. The van der Waals surface area contributed by atoms with Crippen LogP contribution in [0.2, 0.25) is 0 Å². The number of amides is 1. The van der Waals surface area contributed by atoms with Crippen molar-refractivity contribution in [2.45, 2.75) is 31.7 Å². The molecule has 1 amide bonds. The van der Waals surface area contributed by atoms with Crippen molar-refractivity contribution in [3.05, 3.63) is 23.8 Å². The lowest BCUT2D eigenvalue weighted by atomic mass is 10.1. The molecule has 1 fully saturated rings. The molecule has 1 aromatic rings. The summed E-state index contributed by atoms with van der Waals surface area (Å²) >= 11 is 0. The first-order valence-electron chi connectivity index (χ1n) is 7.64. The zero-order valence-electron chi connectivity index (χ0n) is 12.6. The molecule has 0 aromatic heterocycles. The van der Waals surface area contributed by atoms with E-state index >= 15 is 0 Å². The largest absolute Gasteiger partial charge is 0.490 e. The third kappa shape index (κ3) is 4.05. The number of benzene rings is 1. The average molecular weight is 327 g/mol. The third-order valence-electron chi connectivity index (χ3n) is 4.02. The maximum absolute atomic E-state index is 12.1. The van der Waals surface area contributed by atoms with E-state index in [-0.39, 0.29) is 24.4 Å². The lowest BCUT2D eigenvalue weighted by Gasteiger charge is -2.16. The average Bonchev–Trinajstić information content (AvgIpc) is 2.79. The summed E-state index contributed by atoms with van der Waals surface area (Å²) in [6.07, 6.45) is 3.06. The first kappa shape index (κ1) is 16.9. The van der Waals surface area contributed by atoms with Crippen molar-refractivity contribution in [1.29, 1.82) is 0 Å². The molecule has 1 aromatic carbocycles. The molecule has 122 valence electrons. The highest BCUT2D eigenvalue weighted by atomic mass is 35.5. The molecule has 2 aliphatic heterocycles. The van der Waals surface area contributed by atoms with Gasteiger partial charge in [-0.3, -0.25) is 4.79 Å². The Bertz CT molecular complexity index is 524. The van der Waals surface area contributed by atoms with Crippen molar-refractivity contribution in [1.82, 2.24) is 4.90 Å². The van der Waals surface area contributed by atoms with E-state index in [0.717, 1.165) is 42.9 Å². The molecular weight excluding hydrogens is 304 g/mol. The molecule has 2 heterocycles. The predicted octanol–water partition coefficient (Wildman–Crippen LogP) is 1.76. The van der Waals surface area contributed by atoms with Gasteiger partial charge in [-0.15, -0.1) is 12.4 Å². The molecule has 2 N–H and O–H groups in total. The van der Waals surface area contributed by atoms with Gasteiger partial charge in [0, 0.05) is 32.0 Å². The van der Waals surface area contributed by atoms with Crippen molar-refractivity contribution in [3.8, 4) is 11.5 Å². The van der Waals surface area contributed by atoms with Crippen LogP contribution in [0.3, 0.4) is 0 Å². The number of hydrogen-bond acceptors (Lipinski definition) is 4. The van der Waals surface area contributed by atoms with Crippen LogP contribution in [0.1, 0.15) is 24.8 Å². The molecular formula is C16H23ClN2O3. The zero-order chi connectivity index (χ0) is 14.7. The number of carbonyl (C=O) groups is 1. The number of hydrogen-bond donors (Lipinski definition) is 1. The van der Waals surface area contributed by atoms with Gasteiger partial charge < -0.3 is 20.1 Å². The number of halogens is 1. The van der Waals surface area contributed by atoms with E-state index < -0.39 is 0 Å². The minimum absolute atomic E-state index is 0. The summed E-state index contributed by atoms with van der Waals surface area (Å²) in [4.78, 5) is 14.0. The van der Waals surface area contributed by atoms with Gasteiger partial charge in [-0.25, -0.2) is 0 Å². The lowest BCUT2D eigenvalue weighted by Crippen LogP contribution is -2.31. The predicted molar refractivity (Wildman–Crippen MR) is 86.8 cm³/mol. The Morgan fingerprint density at radius 1 is 1.27 bits per heavy atom. The summed E-state index contributed by atoms with van der Waals surface area (Å²) in [5.41, 5.74) is 6.94. The fourth-order valence-electron chi connectivity index (χ4n) is 2.79. The van der Waals surface area contributed by atoms with Gasteiger partial charge in [0.1, 0.15) is 0 Å². The van der Waals surface area contributed by atoms with Crippen LogP contribution in [-0.2, 0) is 11.2 Å². The van der Waals surface area contributed by atoms with Gasteiger partial charge in [-0.1, -0.05) is 6.07 Å². The molecule has 0 spiro atoms. The second-order valence-electron chi connectivity index (χ2n) is 5.72. The van der Waals surface area contributed by atoms with Gasteiger partial charge in [0.2, 0.25) is 5.91 Å². The molecule has 6 heteroatoms. The minimum Gasteiger partial charge on any atom is -0.490 e. The maximum atomic E-state index is 12.1. The second-order valence-corrected chi connectivity index (χ2v) is 5.72. The van der Waals surface area contributed by atoms with Crippen molar-refractivity contribution < 1.29 is 14.3 Å². The quantitative estimate of drug-likeness (QED) is 0.919. The van der Waals surface area contributed by atoms with Crippen LogP contribution in [0.25, 0.3) is 0 Å². The van der Waals surface area contributed by atoms with Crippen LogP contribution in [0.5, 0.6) is 11.5 Å². The number of carbonyl (C=O) groups excluding carboxylic acids is 1. The number of rotatable bonds is 3. The topological polar surface area (TPSA) is 64.8 Å². The Kier molecular flexibility index (Phi) is 5.91. The number of aryl methyl sites for hydroxylation is 1. The fourth-order valence-corrected chi connectivity index (χ4v) is 2.79. The monoisotopic (exact) mass is 326 g/mol. The SMILES string of the molecule is Cl.N[C@@H]1CCN(C(=O)CCc2ccc3c(c2)OCCCO3)C1. The highest BCUT2D eigenvalue weighted by Gasteiger charge is 2.23. The molecule has 0 radical (unpaired) electrons. The Hall–Kier alpha value is -1.46. The molecule has 3 rings (SSSR count). The van der Waals surface area contributed by atoms with Crippen LogP contribution >= 0.6 is 12.4 Å². The van der Waals surface area contributed by atoms with Gasteiger partial charge in [0.05, 0.1) is 13.2 Å². The maximum Gasteiger partial charge on any atom is 0.222 e. The summed E-state index contributed by atoms with van der Waals surface area (Å²) in [7, 11) is 0. The second kappa shape index (κ2) is 7.70. The standard InChI is InChI=1S/C16H22N2O3.ClH/c17-13-6-7-18(11-13)16(19)5-3-12-2-4-14-15(10-12)21-9-1-8-20-14;/h2,4,10,13H,1,3,5-9,11,17H2;1H/t13-;/m1./s1. The van der Waals surface area contributed by atoms with E-state index in [1.54, 1.807) is 0 Å². The fraction of sp³-hybridized carbons (Fsp3) is 0.562. The lowest BCUT2D eigenvalue weighted by molar-refractivity contribution is -0.130. The van der Waals surface area contributed by atoms with Crippen LogP contribution in [0.4, 0.5) is 0 Å². The highest BCUT2D eigenvalue weighted by Crippen LogP contribution is 2.30. The Balaban J connectivity index is 0.00000176. The molecule has 0 saturated carbocycles. The van der Waals surface area contributed by atoms with Gasteiger partial charge in [0.25, 0.3) is 0 Å². The number of ether oxygens (including phenoxy) is 2. The van der Waals surface area contributed by atoms with Crippen molar-refractivity contribution in [2.75, 3.05) is 26.3 Å². The van der Waals surface area contributed by atoms with Crippen molar-refractivity contribution in [3.63, 3.8) is 0 Å². The van der Waals surface area contributed by atoms with Gasteiger partial charge in [0.15, 0.2) is 11.5 Å². The number of nitrogens with zero attached hydrogens (tertiary/aromatic N) is 1. The summed E-state index contributed by atoms with van der Waals surface area (Å²) in [5.74, 6) is 1.78. The number of fused-ring (bicyclic) bond motifs is 1. The third-order valence-corrected chi connectivity index (χ3v) is 4.02. The molecule has 22 heavy (non-hydrogen) atoms. The summed E-state index contributed by atoms with van der Waals surface area (Å²) in [5, 5.41) is 0. The van der Waals surface area contributed by atoms with E-state index in [1.165, 1.54) is 0 Å². The smallest absolute Gasteiger partial charge is 0.222 e. The Morgan fingerprint density at radius 2 is 2.05 bits per heavy atom. The Morgan fingerprint density at radius 3 is 2.77 bits per heavy atom. The van der Waals surface area contributed by atoms with E-state index in [9.17, 15) is 4.79 Å². The van der Waals surface area contributed by atoms with E-state index in [1.807, 2.05) is 23.1 Å². The van der Waals surface area contributed by atoms with Crippen molar-refractivity contribution >= 4 is 18.3 Å². The molecule has 1 atom stereocenters. The number of nitrogens with two attached hydrogens (primary N) is 1. The van der Waals surface area contributed by atoms with E-state index in [2.05, 4.69) is 0 Å². The molecule has 0 unspecified atom stereocenters. The van der Waals surface area contributed by atoms with Crippen LogP contribution < -0.4 is 15.2 Å². The van der Waals surface area contributed by atoms with Gasteiger partial charge >= 0.3 is 0 Å². The van der Waals surface area contributed by atoms with E-state index in [0.29, 0.717) is 26.2 Å². The minimum atomic E-state index is 0. The van der Waals surface area contributed by atoms with Gasteiger partial charge in [-0.2, -0.15) is 0 Å². The zero-order valence-corrected chi connectivity index (χ0v) is 13.4. The Labute approximate surface area is 137 Å². The number of likely N-dealkylation sites (tertiary alicyclic amines) is 1. The molecule has 5 nitrogen and oxygen atoms in total. The van der Waals surface area contributed by atoms with Gasteiger partial charge in [-0.05, 0) is 30.5 Å². The normalized spacial score (nSPS) is 20.2. The molecule has 0 aliphatic carbocycles. The van der Waals surface area contributed by atoms with E-state index in [4.69, 9.17) is 15.2 Å². The first-order chi connectivity index (χ1) is 10.2. The summed E-state index contributed by atoms with van der Waals surface area (Å²) in [6, 6.07) is 6.08. The highest BCUT2D eigenvalue weighted by molar-refractivity contribution is 5.85. The van der Waals surface area contributed by atoms with Crippen molar-refractivity contribution in [2.24, 2.45) is 5.73 Å². The van der Waals surface area contributed by atoms with Crippen LogP contribution in [0.15, 0.2) is 18.2 Å². The molecule has 1 saturated heterocycles. The summed E-state index contributed by atoms with van der Waals surface area (Å²) in [6.45, 7) is 2.86. The van der Waals surface area contributed by atoms with Crippen LogP contribution in [0, 0.1) is 0 Å². The first-order valence-corrected chi connectivity index (χ1v) is 7.64. The van der Waals surface area contributed by atoms with Crippen LogP contribution in [-0.4, -0.2) is 43.2 Å².